The summed E-state index contributed by atoms with van der Waals surface area (Å²) in [5.74, 6) is -0.935. The number of fused-ring (bicyclic) bond motifs is 1. The van der Waals surface area contributed by atoms with Gasteiger partial charge in [-0.3, -0.25) is 14.2 Å². The lowest BCUT2D eigenvalue weighted by Crippen LogP contribution is -2.28. The van der Waals surface area contributed by atoms with Gasteiger partial charge in [0.05, 0.1) is 29.4 Å². The first-order chi connectivity index (χ1) is 12.5. The number of amides is 1. The van der Waals surface area contributed by atoms with E-state index in [0.717, 1.165) is 4.47 Å². The first-order valence-corrected chi connectivity index (χ1v) is 9.36. The third-order valence-electron chi connectivity index (χ3n) is 3.51. The molecule has 0 saturated heterocycles. The highest BCUT2D eigenvalue weighted by Gasteiger charge is 2.16. The van der Waals surface area contributed by atoms with Gasteiger partial charge in [0.1, 0.15) is 11.5 Å². The molecule has 0 unspecified atom stereocenters. The predicted octanol–water partition coefficient (Wildman–Crippen LogP) is 3.04. The number of nitrogens with one attached hydrogen (secondary N) is 1. The smallest absolute Gasteiger partial charge is 0.341 e. The summed E-state index contributed by atoms with van der Waals surface area (Å²) in [5, 5.41) is 5.13. The quantitative estimate of drug-likeness (QED) is 0.621. The van der Waals surface area contributed by atoms with Crippen molar-refractivity contribution in [3.63, 3.8) is 0 Å². The van der Waals surface area contributed by atoms with Crippen molar-refractivity contribution in [2.75, 3.05) is 11.9 Å². The van der Waals surface area contributed by atoms with Gasteiger partial charge in [-0.15, -0.1) is 11.3 Å². The zero-order chi connectivity index (χ0) is 18.7. The summed E-state index contributed by atoms with van der Waals surface area (Å²) >= 11 is 4.53. The Morgan fingerprint density at radius 2 is 2.15 bits per heavy atom. The highest BCUT2D eigenvalue weighted by molar-refractivity contribution is 9.10. The van der Waals surface area contributed by atoms with Gasteiger partial charge in [-0.1, -0.05) is 15.9 Å². The summed E-state index contributed by atoms with van der Waals surface area (Å²) in [6.45, 7) is 1.74. The number of benzene rings is 1. The van der Waals surface area contributed by atoms with E-state index in [2.05, 4.69) is 26.2 Å². The van der Waals surface area contributed by atoms with Gasteiger partial charge < -0.3 is 10.1 Å². The monoisotopic (exact) mass is 435 g/mol. The summed E-state index contributed by atoms with van der Waals surface area (Å²) in [6.07, 6.45) is 1.33. The molecule has 9 heteroatoms. The number of nitrogens with zero attached hydrogens (tertiary/aromatic N) is 2. The molecule has 3 aromatic rings. The number of halogens is 1. The number of thiophene rings is 1. The predicted molar refractivity (Wildman–Crippen MR) is 103 cm³/mol. The molecule has 0 spiro atoms. The molecule has 1 aromatic carbocycles. The van der Waals surface area contributed by atoms with Crippen LogP contribution < -0.4 is 10.9 Å². The number of hydrogen-bond donors (Lipinski definition) is 1. The summed E-state index contributed by atoms with van der Waals surface area (Å²) < 4.78 is 6.93. The number of carbonyl (C=O) groups is 2. The normalized spacial score (nSPS) is 10.7. The Balaban J connectivity index is 1.80. The van der Waals surface area contributed by atoms with Crippen molar-refractivity contribution in [3.8, 4) is 0 Å². The topological polar surface area (TPSA) is 90.3 Å². The summed E-state index contributed by atoms with van der Waals surface area (Å²) in [5.41, 5.74) is 0.527. The molecule has 0 aliphatic carbocycles. The van der Waals surface area contributed by atoms with E-state index in [1.165, 1.54) is 22.2 Å². The minimum atomic E-state index is -0.501. The van der Waals surface area contributed by atoms with Crippen molar-refractivity contribution in [1.29, 1.82) is 0 Å². The molecular weight excluding hydrogens is 422 g/mol. The summed E-state index contributed by atoms with van der Waals surface area (Å²) in [6, 6.07) is 6.76. The Kier molecular flexibility index (Phi) is 5.48. The Bertz CT molecular complexity index is 1040. The molecule has 0 aliphatic heterocycles. The van der Waals surface area contributed by atoms with E-state index >= 15 is 0 Å². The second-order valence-corrected chi connectivity index (χ2v) is 7.10. The molecule has 2 aromatic heterocycles. The maximum absolute atomic E-state index is 12.5. The number of rotatable bonds is 5. The van der Waals surface area contributed by atoms with Crippen LogP contribution in [0.2, 0.25) is 0 Å². The van der Waals surface area contributed by atoms with Crippen LogP contribution in [0.4, 0.5) is 5.00 Å². The lowest BCUT2D eigenvalue weighted by atomic mass is 10.2. The van der Waals surface area contributed by atoms with Crippen LogP contribution in [-0.4, -0.2) is 28.0 Å². The van der Waals surface area contributed by atoms with Crippen molar-refractivity contribution in [2.45, 2.75) is 13.5 Å². The van der Waals surface area contributed by atoms with Crippen LogP contribution in [0.1, 0.15) is 17.3 Å². The Morgan fingerprint density at radius 3 is 2.92 bits per heavy atom. The fourth-order valence-electron chi connectivity index (χ4n) is 2.34. The molecule has 1 N–H and O–H groups in total. The number of aromatic nitrogens is 2. The molecule has 7 nitrogen and oxygen atoms in total. The van der Waals surface area contributed by atoms with Gasteiger partial charge in [0.2, 0.25) is 5.91 Å². The lowest BCUT2D eigenvalue weighted by molar-refractivity contribution is -0.116. The molecule has 0 bridgehead atoms. The number of hydrogen-bond acceptors (Lipinski definition) is 6. The van der Waals surface area contributed by atoms with Gasteiger partial charge >= 0.3 is 5.97 Å². The van der Waals surface area contributed by atoms with E-state index in [1.54, 1.807) is 36.6 Å². The van der Waals surface area contributed by atoms with E-state index in [1.807, 2.05) is 0 Å². The van der Waals surface area contributed by atoms with Crippen molar-refractivity contribution >= 4 is 55.0 Å². The van der Waals surface area contributed by atoms with Crippen LogP contribution in [0.15, 0.2) is 45.2 Å². The highest BCUT2D eigenvalue weighted by atomic mass is 79.9. The van der Waals surface area contributed by atoms with E-state index in [9.17, 15) is 14.4 Å². The second-order valence-electron chi connectivity index (χ2n) is 5.27. The molecular formula is C17H14BrN3O4S. The molecule has 0 atom stereocenters. The van der Waals surface area contributed by atoms with Gasteiger partial charge in [-0.05, 0) is 36.6 Å². The van der Waals surface area contributed by atoms with Crippen LogP contribution in [0.3, 0.4) is 0 Å². The molecule has 0 aliphatic rings. The minimum Gasteiger partial charge on any atom is -0.462 e. The fourth-order valence-corrected chi connectivity index (χ4v) is 3.49. The third-order valence-corrected chi connectivity index (χ3v) is 4.84. The zero-order valence-electron chi connectivity index (χ0n) is 13.7. The number of esters is 1. The molecule has 26 heavy (non-hydrogen) atoms. The van der Waals surface area contributed by atoms with Crippen molar-refractivity contribution in [1.82, 2.24) is 9.55 Å². The fraction of sp³-hybridized carbons (Fsp3) is 0.176. The molecule has 134 valence electrons. The van der Waals surface area contributed by atoms with Crippen molar-refractivity contribution in [3.05, 3.63) is 56.4 Å². The second kappa shape index (κ2) is 7.79. The largest absolute Gasteiger partial charge is 0.462 e. The molecule has 1 amide bonds. The lowest BCUT2D eigenvalue weighted by Gasteiger charge is -2.08. The van der Waals surface area contributed by atoms with E-state index < -0.39 is 11.9 Å². The maximum atomic E-state index is 12.5. The molecule has 0 radical (unpaired) electrons. The van der Waals surface area contributed by atoms with Crippen LogP contribution in [0.5, 0.6) is 0 Å². The summed E-state index contributed by atoms with van der Waals surface area (Å²) in [4.78, 5) is 40.9. The van der Waals surface area contributed by atoms with Crippen LogP contribution >= 0.6 is 27.3 Å². The first-order valence-electron chi connectivity index (χ1n) is 7.68. The third kappa shape index (κ3) is 3.83. The standard InChI is InChI=1S/C17H14BrN3O4S/c1-2-25-17(24)11-5-6-26-15(11)20-14(22)8-21-9-19-13-4-3-10(18)7-12(13)16(21)23/h3-7,9H,2,8H2,1H3,(H,20,22). The Labute approximate surface area is 160 Å². The van der Waals surface area contributed by atoms with E-state index in [4.69, 9.17) is 4.74 Å². The minimum absolute atomic E-state index is 0.214. The highest BCUT2D eigenvalue weighted by Crippen LogP contribution is 2.24. The van der Waals surface area contributed by atoms with E-state index in [0.29, 0.717) is 15.9 Å². The van der Waals surface area contributed by atoms with E-state index in [-0.39, 0.29) is 24.3 Å². The first kappa shape index (κ1) is 18.3. The average molecular weight is 436 g/mol. The van der Waals surface area contributed by atoms with Gasteiger partial charge in [0.15, 0.2) is 0 Å². The van der Waals surface area contributed by atoms with Gasteiger partial charge in [0, 0.05) is 4.47 Å². The van der Waals surface area contributed by atoms with Gasteiger partial charge in [-0.25, -0.2) is 9.78 Å². The zero-order valence-corrected chi connectivity index (χ0v) is 16.1. The van der Waals surface area contributed by atoms with Crippen molar-refractivity contribution < 1.29 is 14.3 Å². The molecule has 0 fully saturated rings. The maximum Gasteiger partial charge on any atom is 0.341 e. The summed E-state index contributed by atoms with van der Waals surface area (Å²) in [7, 11) is 0. The molecule has 3 rings (SSSR count). The van der Waals surface area contributed by atoms with Gasteiger partial charge in [0.25, 0.3) is 5.56 Å². The van der Waals surface area contributed by atoms with Crippen LogP contribution in [0, 0.1) is 0 Å². The SMILES string of the molecule is CCOC(=O)c1ccsc1NC(=O)Cn1cnc2ccc(Br)cc2c1=O. The van der Waals surface area contributed by atoms with Crippen LogP contribution in [-0.2, 0) is 16.1 Å². The molecule has 0 saturated carbocycles. The average Bonchev–Trinajstić information content (AvgIpc) is 3.06. The van der Waals surface area contributed by atoms with Crippen LogP contribution in [0.25, 0.3) is 10.9 Å². The Morgan fingerprint density at radius 1 is 1.35 bits per heavy atom. The van der Waals surface area contributed by atoms with Gasteiger partial charge in [-0.2, -0.15) is 0 Å². The number of carbonyl (C=O) groups excluding carboxylic acids is 2. The number of ether oxygens (including phenoxy) is 1. The Hall–Kier alpha value is -2.52. The van der Waals surface area contributed by atoms with Crippen molar-refractivity contribution in [2.24, 2.45) is 0 Å². The molecule has 2 heterocycles. The number of anilines is 1.